The fourth-order valence-corrected chi connectivity index (χ4v) is 3.49. The van der Waals surface area contributed by atoms with Crippen molar-refractivity contribution in [1.82, 2.24) is 14.5 Å². The number of aromatic amines is 1. The molecule has 5 nitrogen and oxygen atoms in total. The van der Waals surface area contributed by atoms with Crippen molar-refractivity contribution in [2.24, 2.45) is 5.92 Å². The van der Waals surface area contributed by atoms with Gasteiger partial charge in [-0.05, 0) is 49.1 Å². The zero-order chi connectivity index (χ0) is 18.8. The second-order valence-corrected chi connectivity index (χ2v) is 6.69. The van der Waals surface area contributed by atoms with Gasteiger partial charge in [-0.2, -0.15) is 0 Å². The normalized spacial score (nSPS) is 15.2. The van der Waals surface area contributed by atoms with Crippen LogP contribution in [-0.4, -0.2) is 27.7 Å². The lowest BCUT2D eigenvalue weighted by Crippen LogP contribution is -2.21. The van der Waals surface area contributed by atoms with Crippen LogP contribution in [0.5, 0.6) is 0 Å². The summed E-state index contributed by atoms with van der Waals surface area (Å²) in [7, 11) is 0. The molecule has 1 aliphatic heterocycles. The van der Waals surface area contributed by atoms with Gasteiger partial charge in [0.25, 0.3) is 5.56 Å². The number of ether oxygens (including phenoxy) is 1. The number of hydrogen-bond donors (Lipinski definition) is 1. The van der Waals surface area contributed by atoms with Gasteiger partial charge in [-0.1, -0.05) is 0 Å². The maximum absolute atomic E-state index is 14.4. The summed E-state index contributed by atoms with van der Waals surface area (Å²) in [5.74, 6) is -0.765. The number of nitrogens with one attached hydrogen (secondary N) is 1. The van der Waals surface area contributed by atoms with Crippen molar-refractivity contribution in [3.63, 3.8) is 0 Å². The Morgan fingerprint density at radius 1 is 1.19 bits per heavy atom. The van der Waals surface area contributed by atoms with Gasteiger partial charge in [-0.3, -0.25) is 4.79 Å². The lowest BCUT2D eigenvalue weighted by molar-refractivity contribution is 0.0614. The first kappa shape index (κ1) is 17.6. The molecule has 0 radical (unpaired) electrons. The quantitative estimate of drug-likeness (QED) is 0.762. The number of aromatic nitrogens is 3. The minimum atomic E-state index is -0.582. The number of H-pyrrole nitrogens is 1. The minimum absolute atomic E-state index is 0.0407. The first-order chi connectivity index (χ1) is 13.1. The van der Waals surface area contributed by atoms with Crippen LogP contribution in [0.4, 0.5) is 8.78 Å². The predicted octanol–water partition coefficient (Wildman–Crippen LogP) is 3.61. The summed E-state index contributed by atoms with van der Waals surface area (Å²) in [5.41, 5.74) is 0.868. The predicted molar refractivity (Wildman–Crippen MR) is 97.2 cm³/mol. The topological polar surface area (TPSA) is 59.9 Å². The van der Waals surface area contributed by atoms with E-state index in [4.69, 9.17) is 4.74 Å². The molecule has 4 rings (SSSR count). The molecule has 2 aromatic heterocycles. The number of halogens is 2. The van der Waals surface area contributed by atoms with Crippen molar-refractivity contribution in [2.75, 3.05) is 13.2 Å². The van der Waals surface area contributed by atoms with Gasteiger partial charge < -0.3 is 14.3 Å². The average Bonchev–Trinajstić information content (AvgIpc) is 3.08. The van der Waals surface area contributed by atoms with E-state index in [1.165, 1.54) is 6.20 Å². The molecule has 27 heavy (non-hydrogen) atoms. The summed E-state index contributed by atoms with van der Waals surface area (Å²) in [5, 5.41) is 0. The van der Waals surface area contributed by atoms with Crippen LogP contribution in [0.25, 0.3) is 22.5 Å². The van der Waals surface area contributed by atoms with Crippen molar-refractivity contribution in [2.45, 2.75) is 19.4 Å². The highest BCUT2D eigenvalue weighted by Gasteiger charge is 2.23. The number of benzene rings is 1. The van der Waals surface area contributed by atoms with E-state index >= 15 is 0 Å². The Bertz CT molecular complexity index is 1010. The summed E-state index contributed by atoms with van der Waals surface area (Å²) in [6.07, 6.45) is 4.95. The fourth-order valence-electron chi connectivity index (χ4n) is 3.49. The van der Waals surface area contributed by atoms with Crippen LogP contribution in [-0.2, 0) is 11.3 Å². The molecule has 0 spiro atoms. The van der Waals surface area contributed by atoms with Crippen molar-refractivity contribution < 1.29 is 13.5 Å². The van der Waals surface area contributed by atoms with Crippen molar-refractivity contribution >= 4 is 0 Å². The highest BCUT2D eigenvalue weighted by Crippen LogP contribution is 2.32. The number of pyridine rings is 1. The van der Waals surface area contributed by atoms with Gasteiger partial charge in [0.2, 0.25) is 0 Å². The lowest BCUT2D eigenvalue weighted by Gasteiger charge is -2.23. The Balaban J connectivity index is 1.85. The standard InChI is InChI=1S/C20H19F2N3O2/c21-14-3-4-17(22)16(10-14)18-19(15-2-1-7-23-20(15)26)25(12-24-18)11-13-5-8-27-9-6-13/h1-4,7,10,12-13H,5-6,8-9,11H2,(H,23,26). The smallest absolute Gasteiger partial charge is 0.257 e. The Morgan fingerprint density at radius 3 is 2.78 bits per heavy atom. The molecule has 140 valence electrons. The molecular formula is C20H19F2N3O2. The van der Waals surface area contributed by atoms with E-state index in [9.17, 15) is 13.6 Å². The Kier molecular flexibility index (Phi) is 4.85. The van der Waals surface area contributed by atoms with E-state index < -0.39 is 11.6 Å². The summed E-state index contributed by atoms with van der Waals surface area (Å²) < 4.78 is 35.4. The van der Waals surface area contributed by atoms with Crippen molar-refractivity contribution in [3.8, 4) is 22.5 Å². The van der Waals surface area contributed by atoms with Gasteiger partial charge in [0.05, 0.1) is 23.3 Å². The highest BCUT2D eigenvalue weighted by atomic mass is 19.1. The van der Waals surface area contributed by atoms with Gasteiger partial charge in [-0.25, -0.2) is 13.8 Å². The number of hydrogen-bond acceptors (Lipinski definition) is 3. The van der Waals surface area contributed by atoms with Crippen LogP contribution in [0.1, 0.15) is 12.8 Å². The van der Waals surface area contributed by atoms with E-state index in [1.54, 1.807) is 18.5 Å². The zero-order valence-corrected chi connectivity index (χ0v) is 14.6. The first-order valence-corrected chi connectivity index (χ1v) is 8.90. The summed E-state index contributed by atoms with van der Waals surface area (Å²) in [6.45, 7) is 2.04. The Hall–Kier alpha value is -2.80. The van der Waals surface area contributed by atoms with Crippen molar-refractivity contribution in [1.29, 1.82) is 0 Å². The monoisotopic (exact) mass is 371 g/mol. The SMILES string of the molecule is O=c1[nH]cccc1-c1c(-c2cc(F)ccc2F)ncn1CC1CCOCC1. The van der Waals surface area contributed by atoms with Crippen LogP contribution >= 0.6 is 0 Å². The van der Waals surface area contributed by atoms with Crippen LogP contribution in [0, 0.1) is 17.6 Å². The van der Waals surface area contributed by atoms with Crippen LogP contribution in [0.2, 0.25) is 0 Å². The molecule has 3 heterocycles. The molecule has 1 aliphatic rings. The molecule has 0 amide bonds. The third-order valence-corrected chi connectivity index (χ3v) is 4.89. The molecule has 7 heteroatoms. The molecule has 1 fully saturated rings. The van der Waals surface area contributed by atoms with Crippen LogP contribution in [0.3, 0.4) is 0 Å². The Labute approximate surface area is 154 Å². The zero-order valence-electron chi connectivity index (χ0n) is 14.6. The molecule has 1 N–H and O–H groups in total. The third-order valence-electron chi connectivity index (χ3n) is 4.89. The second-order valence-electron chi connectivity index (χ2n) is 6.69. The van der Waals surface area contributed by atoms with E-state index in [2.05, 4.69) is 9.97 Å². The van der Waals surface area contributed by atoms with Gasteiger partial charge in [0.1, 0.15) is 11.6 Å². The van der Waals surface area contributed by atoms with E-state index in [-0.39, 0.29) is 16.8 Å². The highest BCUT2D eigenvalue weighted by molar-refractivity contribution is 5.78. The molecular weight excluding hydrogens is 352 g/mol. The summed E-state index contributed by atoms with van der Waals surface area (Å²) >= 11 is 0. The number of imidazole rings is 1. The summed E-state index contributed by atoms with van der Waals surface area (Å²) in [4.78, 5) is 19.4. The maximum Gasteiger partial charge on any atom is 0.257 e. The van der Waals surface area contributed by atoms with Gasteiger partial charge >= 0.3 is 0 Å². The molecule has 0 atom stereocenters. The third kappa shape index (κ3) is 3.55. The van der Waals surface area contributed by atoms with Crippen molar-refractivity contribution in [3.05, 3.63) is 64.8 Å². The Morgan fingerprint density at radius 2 is 2.00 bits per heavy atom. The molecule has 1 aromatic carbocycles. The summed E-state index contributed by atoms with van der Waals surface area (Å²) in [6, 6.07) is 6.61. The van der Waals surface area contributed by atoms with E-state index in [0.29, 0.717) is 36.9 Å². The largest absolute Gasteiger partial charge is 0.381 e. The first-order valence-electron chi connectivity index (χ1n) is 8.90. The lowest BCUT2D eigenvalue weighted by atomic mass is 9.99. The van der Waals surface area contributed by atoms with Gasteiger partial charge in [0, 0.05) is 31.5 Å². The van der Waals surface area contributed by atoms with E-state index in [1.807, 2.05) is 4.57 Å². The van der Waals surface area contributed by atoms with E-state index in [0.717, 1.165) is 31.0 Å². The minimum Gasteiger partial charge on any atom is -0.381 e. The van der Waals surface area contributed by atoms with Gasteiger partial charge in [-0.15, -0.1) is 0 Å². The number of nitrogens with zero attached hydrogens (tertiary/aromatic N) is 2. The second kappa shape index (κ2) is 7.44. The van der Waals surface area contributed by atoms with Gasteiger partial charge in [0.15, 0.2) is 0 Å². The number of rotatable bonds is 4. The molecule has 0 saturated carbocycles. The maximum atomic E-state index is 14.4. The fraction of sp³-hybridized carbons (Fsp3) is 0.300. The molecule has 0 unspecified atom stereocenters. The van der Waals surface area contributed by atoms with Crippen LogP contribution in [0.15, 0.2) is 47.7 Å². The molecule has 1 saturated heterocycles. The molecule has 0 bridgehead atoms. The molecule has 3 aromatic rings. The average molecular weight is 371 g/mol. The van der Waals surface area contributed by atoms with Crippen LogP contribution < -0.4 is 5.56 Å². The molecule has 0 aliphatic carbocycles.